The lowest BCUT2D eigenvalue weighted by Gasteiger charge is -2.10. The van der Waals surface area contributed by atoms with Crippen molar-refractivity contribution >= 4 is 5.97 Å². The van der Waals surface area contributed by atoms with Crippen molar-refractivity contribution in [3.63, 3.8) is 0 Å². The van der Waals surface area contributed by atoms with E-state index in [2.05, 4.69) is 27.4 Å². The van der Waals surface area contributed by atoms with E-state index in [4.69, 9.17) is 4.74 Å². The molecule has 0 aromatic carbocycles. The molecule has 0 spiro atoms. The Morgan fingerprint density at radius 3 is 3.06 bits per heavy atom. The van der Waals surface area contributed by atoms with Gasteiger partial charge in [0.15, 0.2) is 0 Å². The molecule has 0 aliphatic carbocycles. The van der Waals surface area contributed by atoms with Crippen LogP contribution in [0.3, 0.4) is 0 Å². The molecule has 6 nitrogen and oxygen atoms in total. The van der Waals surface area contributed by atoms with Crippen LogP contribution in [0.1, 0.15) is 42.6 Å². The number of carbonyl (C=O) groups is 1. The number of hydrogen-bond acceptors (Lipinski definition) is 5. The van der Waals surface area contributed by atoms with Crippen molar-refractivity contribution in [3.8, 4) is 0 Å². The topological polar surface area (TPSA) is 79.9 Å². The van der Waals surface area contributed by atoms with Gasteiger partial charge in [-0.05, 0) is 26.8 Å². The minimum absolute atomic E-state index is 0.121. The minimum Gasteiger partial charge on any atom is -0.460 e. The molecule has 0 bridgehead atoms. The molecule has 1 aliphatic rings. The fourth-order valence-electron chi connectivity index (χ4n) is 1.96. The third-order valence-electron chi connectivity index (χ3n) is 2.84. The Balaban J connectivity index is 2.10. The van der Waals surface area contributed by atoms with Gasteiger partial charge in [-0.25, -0.2) is 9.78 Å². The molecule has 0 saturated carbocycles. The number of rotatable bonds is 3. The summed E-state index contributed by atoms with van der Waals surface area (Å²) in [5, 5.41) is 10.0. The summed E-state index contributed by atoms with van der Waals surface area (Å²) in [6.45, 7) is 5.17. The van der Waals surface area contributed by atoms with E-state index in [1.165, 1.54) is 0 Å². The first-order valence-electron chi connectivity index (χ1n) is 5.55. The van der Waals surface area contributed by atoms with E-state index in [0.29, 0.717) is 18.6 Å². The SMILES string of the molecule is CCOC(=O)c1n[nH]c(C2CCNC2C)n1. The van der Waals surface area contributed by atoms with Crippen molar-refractivity contribution in [2.45, 2.75) is 32.2 Å². The summed E-state index contributed by atoms with van der Waals surface area (Å²) < 4.78 is 4.83. The Morgan fingerprint density at radius 1 is 1.62 bits per heavy atom. The van der Waals surface area contributed by atoms with Gasteiger partial charge in [0, 0.05) is 12.0 Å². The highest BCUT2D eigenvalue weighted by Crippen LogP contribution is 2.24. The Kier molecular flexibility index (Phi) is 3.19. The van der Waals surface area contributed by atoms with Crippen LogP contribution >= 0.6 is 0 Å². The predicted octanol–water partition coefficient (Wildman–Crippen LogP) is 0.447. The van der Waals surface area contributed by atoms with E-state index in [-0.39, 0.29) is 5.82 Å². The summed E-state index contributed by atoms with van der Waals surface area (Å²) in [7, 11) is 0. The average Bonchev–Trinajstić information content (AvgIpc) is 2.86. The highest BCUT2D eigenvalue weighted by Gasteiger charge is 2.28. The van der Waals surface area contributed by atoms with Crippen molar-refractivity contribution in [1.82, 2.24) is 20.5 Å². The van der Waals surface area contributed by atoms with Gasteiger partial charge in [-0.15, -0.1) is 5.10 Å². The molecular weight excluding hydrogens is 208 g/mol. The number of aromatic nitrogens is 3. The average molecular weight is 224 g/mol. The van der Waals surface area contributed by atoms with E-state index >= 15 is 0 Å². The number of nitrogens with zero attached hydrogens (tertiary/aromatic N) is 2. The van der Waals surface area contributed by atoms with Gasteiger partial charge < -0.3 is 10.1 Å². The largest absolute Gasteiger partial charge is 0.460 e. The van der Waals surface area contributed by atoms with E-state index in [0.717, 1.165) is 18.8 Å². The molecule has 1 aromatic rings. The first kappa shape index (κ1) is 11.1. The first-order valence-corrected chi connectivity index (χ1v) is 5.55. The number of esters is 1. The maximum Gasteiger partial charge on any atom is 0.378 e. The van der Waals surface area contributed by atoms with Crippen LogP contribution in [-0.2, 0) is 4.74 Å². The first-order chi connectivity index (χ1) is 7.72. The smallest absolute Gasteiger partial charge is 0.378 e. The van der Waals surface area contributed by atoms with E-state index in [9.17, 15) is 4.79 Å². The van der Waals surface area contributed by atoms with Crippen LogP contribution in [-0.4, -0.2) is 40.3 Å². The van der Waals surface area contributed by atoms with Crippen molar-refractivity contribution in [1.29, 1.82) is 0 Å². The van der Waals surface area contributed by atoms with Gasteiger partial charge in [-0.3, -0.25) is 5.10 Å². The molecule has 88 valence electrons. The second-order valence-electron chi connectivity index (χ2n) is 3.90. The zero-order valence-electron chi connectivity index (χ0n) is 9.49. The van der Waals surface area contributed by atoms with Crippen LogP contribution in [0.2, 0.25) is 0 Å². The molecule has 0 radical (unpaired) electrons. The highest BCUT2D eigenvalue weighted by molar-refractivity contribution is 5.84. The summed E-state index contributed by atoms with van der Waals surface area (Å²) in [6, 6.07) is 0.364. The summed E-state index contributed by atoms with van der Waals surface area (Å²) in [5.41, 5.74) is 0. The van der Waals surface area contributed by atoms with Gasteiger partial charge >= 0.3 is 5.97 Å². The van der Waals surface area contributed by atoms with Crippen molar-refractivity contribution < 1.29 is 9.53 Å². The van der Waals surface area contributed by atoms with Gasteiger partial charge in [0.25, 0.3) is 5.82 Å². The number of carbonyl (C=O) groups excluding carboxylic acids is 1. The monoisotopic (exact) mass is 224 g/mol. The standard InChI is InChI=1S/C10H16N4O2/c1-3-16-10(15)9-12-8(13-14-9)7-4-5-11-6(7)2/h6-7,11H,3-5H2,1-2H3,(H,12,13,14). The maximum atomic E-state index is 11.4. The summed E-state index contributed by atoms with van der Waals surface area (Å²) in [5.74, 6) is 0.718. The highest BCUT2D eigenvalue weighted by atomic mass is 16.5. The van der Waals surface area contributed by atoms with Crippen LogP contribution in [0.5, 0.6) is 0 Å². The second-order valence-corrected chi connectivity index (χ2v) is 3.90. The lowest BCUT2D eigenvalue weighted by atomic mass is 10.0. The molecular formula is C10H16N4O2. The van der Waals surface area contributed by atoms with Crippen molar-refractivity contribution in [3.05, 3.63) is 11.6 Å². The third kappa shape index (κ3) is 2.06. The normalized spacial score (nSPS) is 24.6. The van der Waals surface area contributed by atoms with Gasteiger partial charge in [0.05, 0.1) is 6.61 Å². The van der Waals surface area contributed by atoms with Gasteiger partial charge in [-0.1, -0.05) is 0 Å². The Hall–Kier alpha value is -1.43. The van der Waals surface area contributed by atoms with Crippen LogP contribution in [0.4, 0.5) is 0 Å². The molecule has 1 saturated heterocycles. The fourth-order valence-corrected chi connectivity index (χ4v) is 1.96. The predicted molar refractivity (Wildman–Crippen MR) is 57.2 cm³/mol. The van der Waals surface area contributed by atoms with E-state index in [1.807, 2.05) is 0 Å². The molecule has 16 heavy (non-hydrogen) atoms. The zero-order valence-corrected chi connectivity index (χ0v) is 9.49. The second kappa shape index (κ2) is 4.61. The quantitative estimate of drug-likeness (QED) is 0.728. The van der Waals surface area contributed by atoms with Crippen LogP contribution in [0, 0.1) is 0 Å². The Labute approximate surface area is 93.8 Å². The lowest BCUT2D eigenvalue weighted by molar-refractivity contribution is 0.0512. The zero-order chi connectivity index (χ0) is 11.5. The van der Waals surface area contributed by atoms with Crippen molar-refractivity contribution in [2.75, 3.05) is 13.2 Å². The van der Waals surface area contributed by atoms with E-state index < -0.39 is 5.97 Å². The molecule has 2 unspecified atom stereocenters. The molecule has 2 heterocycles. The summed E-state index contributed by atoms with van der Waals surface area (Å²) >= 11 is 0. The van der Waals surface area contributed by atoms with Crippen LogP contribution < -0.4 is 5.32 Å². The Bertz CT molecular complexity index is 377. The molecule has 6 heteroatoms. The minimum atomic E-state index is -0.469. The molecule has 2 N–H and O–H groups in total. The molecule has 1 aromatic heterocycles. The molecule has 0 amide bonds. The van der Waals surface area contributed by atoms with Crippen LogP contribution in [0.25, 0.3) is 0 Å². The number of H-pyrrole nitrogens is 1. The van der Waals surface area contributed by atoms with E-state index in [1.54, 1.807) is 6.92 Å². The summed E-state index contributed by atoms with van der Waals surface area (Å²) in [4.78, 5) is 15.6. The maximum absolute atomic E-state index is 11.4. The number of aromatic amines is 1. The Morgan fingerprint density at radius 2 is 2.44 bits per heavy atom. The van der Waals surface area contributed by atoms with Crippen LogP contribution in [0.15, 0.2) is 0 Å². The molecule has 1 aliphatic heterocycles. The van der Waals surface area contributed by atoms with Gasteiger partial charge in [-0.2, -0.15) is 0 Å². The number of ether oxygens (including phenoxy) is 1. The fraction of sp³-hybridized carbons (Fsp3) is 0.700. The third-order valence-corrected chi connectivity index (χ3v) is 2.84. The molecule has 1 fully saturated rings. The van der Waals surface area contributed by atoms with Gasteiger partial charge in [0.2, 0.25) is 0 Å². The summed E-state index contributed by atoms with van der Waals surface area (Å²) in [6.07, 6.45) is 1.01. The molecule has 2 atom stereocenters. The lowest BCUT2D eigenvalue weighted by Crippen LogP contribution is -2.22. The number of nitrogens with one attached hydrogen (secondary N) is 2. The van der Waals surface area contributed by atoms with Gasteiger partial charge in [0.1, 0.15) is 5.82 Å². The van der Waals surface area contributed by atoms with Crippen molar-refractivity contribution in [2.24, 2.45) is 0 Å². The molecule has 2 rings (SSSR count). The number of hydrogen-bond donors (Lipinski definition) is 2.